The van der Waals surface area contributed by atoms with E-state index in [0.717, 1.165) is 52.9 Å². The molecule has 2 unspecified atom stereocenters. The van der Waals surface area contributed by atoms with E-state index >= 15 is 4.79 Å². The number of fused-ring (bicyclic) bond motifs is 6. The number of aliphatic hydroxyl groups is 1. The number of aromatic amines is 1. The van der Waals surface area contributed by atoms with Gasteiger partial charge in [0, 0.05) is 96.6 Å². The number of carbonyl (C=O) groups is 3. The normalized spacial score (nSPS) is 34.5. The Morgan fingerprint density at radius 1 is 1.02 bits per heavy atom. The van der Waals surface area contributed by atoms with Gasteiger partial charge in [-0.15, -0.1) is 0 Å². The number of rotatable bonds is 7. The number of benzene rings is 2. The summed E-state index contributed by atoms with van der Waals surface area (Å²) in [7, 11) is 6.18. The summed E-state index contributed by atoms with van der Waals surface area (Å²) in [6.07, 6.45) is 7.55. The topological polar surface area (TPSA) is 160 Å². The predicted octanol–water partition coefficient (Wildman–Crippen LogP) is 4.34. The Bertz CT molecular complexity index is 2300. The van der Waals surface area contributed by atoms with Crippen molar-refractivity contribution in [1.29, 1.82) is 0 Å². The Morgan fingerprint density at radius 3 is 2.48 bits per heavy atom. The lowest BCUT2D eigenvalue weighted by atomic mass is 9.47. The summed E-state index contributed by atoms with van der Waals surface area (Å²) < 4.78 is 23.9. The molecule has 6 heterocycles. The molecule has 0 amide bonds. The monoisotopic (exact) mass is 793 g/mol. The van der Waals surface area contributed by atoms with Crippen LogP contribution in [-0.2, 0) is 46.0 Å². The van der Waals surface area contributed by atoms with Gasteiger partial charge in [0.1, 0.15) is 11.2 Å². The van der Waals surface area contributed by atoms with E-state index in [1.165, 1.54) is 26.7 Å². The first-order chi connectivity index (χ1) is 27.8. The first-order valence-corrected chi connectivity index (χ1v) is 20.5. The molecule has 58 heavy (non-hydrogen) atoms. The van der Waals surface area contributed by atoms with Crippen molar-refractivity contribution in [2.75, 3.05) is 65.2 Å². The summed E-state index contributed by atoms with van der Waals surface area (Å²) in [6.45, 7) is 9.02. The molecule has 6 aliphatic rings. The Morgan fingerprint density at radius 2 is 1.79 bits per heavy atom. The van der Waals surface area contributed by atoms with E-state index in [9.17, 15) is 14.7 Å². The zero-order chi connectivity index (χ0) is 41.1. The quantitative estimate of drug-likeness (QED) is 0.135. The molecule has 2 aromatic carbocycles. The second-order valence-electron chi connectivity index (χ2n) is 17.4. The van der Waals surface area contributed by atoms with E-state index in [0.29, 0.717) is 55.9 Å². The molecular formula is C45H55N5O8. The Labute approximate surface area is 339 Å². The number of H-pyrrole nitrogens is 1. The van der Waals surface area contributed by atoms with E-state index in [1.807, 2.05) is 43.1 Å². The fraction of sp³-hybridized carbons (Fsp3) is 0.533. The second kappa shape index (κ2) is 13.3. The van der Waals surface area contributed by atoms with Gasteiger partial charge in [-0.1, -0.05) is 37.6 Å². The summed E-state index contributed by atoms with van der Waals surface area (Å²) in [5.41, 5.74) is 7.73. The molecule has 1 aliphatic carbocycles. The van der Waals surface area contributed by atoms with Gasteiger partial charge in [0.2, 0.25) is 5.60 Å². The number of ether oxygens (including phenoxy) is 4. The fourth-order valence-corrected chi connectivity index (χ4v) is 12.9. The van der Waals surface area contributed by atoms with Crippen LogP contribution in [0.5, 0.6) is 5.75 Å². The maximum Gasteiger partial charge on any atom is 0.344 e. The number of hydrogen-bond donors (Lipinski definition) is 3. The molecule has 2 bridgehead atoms. The maximum atomic E-state index is 15.2. The molecular weight excluding hydrogens is 739 g/mol. The van der Waals surface area contributed by atoms with Gasteiger partial charge in [0.25, 0.3) is 0 Å². The molecule has 1 saturated carbocycles. The Hall–Kier alpha value is -4.85. The minimum absolute atomic E-state index is 0.000701. The van der Waals surface area contributed by atoms with Gasteiger partial charge < -0.3 is 39.7 Å². The van der Waals surface area contributed by atoms with E-state index in [2.05, 4.69) is 46.0 Å². The Balaban J connectivity index is 1.37. The minimum Gasteiger partial charge on any atom is -0.496 e. The van der Waals surface area contributed by atoms with Crippen LogP contribution in [0.25, 0.3) is 10.9 Å². The molecule has 1 saturated heterocycles. The number of nitrogens with two attached hydrogens (primary N) is 1. The van der Waals surface area contributed by atoms with Gasteiger partial charge in [-0.2, -0.15) is 0 Å². The highest BCUT2D eigenvalue weighted by atomic mass is 16.6. The van der Waals surface area contributed by atoms with Gasteiger partial charge >= 0.3 is 17.9 Å². The van der Waals surface area contributed by atoms with Crippen LogP contribution in [0.3, 0.4) is 0 Å². The van der Waals surface area contributed by atoms with Crippen LogP contribution in [0.4, 0.5) is 11.4 Å². The molecule has 0 radical (unpaired) electrons. The summed E-state index contributed by atoms with van der Waals surface area (Å²) in [4.78, 5) is 53.1. The average molecular weight is 794 g/mol. The number of nitrogens with one attached hydrogen (secondary N) is 1. The second-order valence-corrected chi connectivity index (χ2v) is 17.4. The zero-order valence-corrected chi connectivity index (χ0v) is 34.5. The largest absolute Gasteiger partial charge is 0.496 e. The van der Waals surface area contributed by atoms with Crippen molar-refractivity contribution in [3.8, 4) is 5.75 Å². The Kier molecular flexibility index (Phi) is 8.89. The van der Waals surface area contributed by atoms with Crippen LogP contribution >= 0.6 is 0 Å². The average Bonchev–Trinajstić information content (AvgIpc) is 3.86. The van der Waals surface area contributed by atoms with Crippen LogP contribution in [0.1, 0.15) is 68.8 Å². The summed E-state index contributed by atoms with van der Waals surface area (Å²) in [5.74, 6) is -1.41. The lowest BCUT2D eigenvalue weighted by Gasteiger charge is -2.63. The van der Waals surface area contributed by atoms with E-state index < -0.39 is 51.9 Å². The van der Waals surface area contributed by atoms with Crippen molar-refractivity contribution in [3.05, 3.63) is 76.5 Å². The highest BCUT2D eigenvalue weighted by Gasteiger charge is 2.80. The number of methoxy groups -OCH3 is 3. The predicted molar refractivity (Wildman–Crippen MR) is 218 cm³/mol. The summed E-state index contributed by atoms with van der Waals surface area (Å²) in [5, 5.41) is 14.3. The molecule has 1 aromatic heterocycles. The van der Waals surface area contributed by atoms with Crippen molar-refractivity contribution in [1.82, 2.24) is 14.8 Å². The molecule has 9 rings (SSSR count). The molecule has 3 aromatic rings. The molecule has 1 spiro atoms. The van der Waals surface area contributed by atoms with Crippen molar-refractivity contribution < 1.29 is 38.4 Å². The third kappa shape index (κ3) is 4.83. The molecule has 5 aliphatic heterocycles. The van der Waals surface area contributed by atoms with Crippen LogP contribution in [0.15, 0.2) is 54.1 Å². The van der Waals surface area contributed by atoms with Gasteiger partial charge in [-0.25, -0.2) is 4.79 Å². The molecule has 13 nitrogen and oxygen atoms in total. The first-order valence-electron chi connectivity index (χ1n) is 20.5. The van der Waals surface area contributed by atoms with Gasteiger partial charge in [0.05, 0.1) is 27.4 Å². The van der Waals surface area contributed by atoms with Crippen LogP contribution in [-0.4, -0.2) is 116 Å². The lowest BCUT2D eigenvalue weighted by molar-refractivity contribution is -0.228. The van der Waals surface area contributed by atoms with Crippen molar-refractivity contribution in [2.24, 2.45) is 11.3 Å². The highest BCUT2D eigenvalue weighted by molar-refractivity contribution is 5.95. The smallest absolute Gasteiger partial charge is 0.344 e. The molecule has 4 N–H and O–H groups in total. The van der Waals surface area contributed by atoms with Crippen molar-refractivity contribution in [3.63, 3.8) is 0 Å². The van der Waals surface area contributed by atoms with E-state index in [4.69, 9.17) is 24.7 Å². The minimum atomic E-state index is -2.29. The van der Waals surface area contributed by atoms with Crippen molar-refractivity contribution >= 4 is 40.2 Å². The standard InChI is InChI=1S/C45H55N5O8/c1-8-26-17-27-21-44(40(52)56-6,36-30(24-49(22-26)23-27)29-18-28(46)11-12-33(29)47-36)32-19-31-34(20-35(32)55-5)48(4)38-43(31)14-16-50-15-10-13-42(9-2,37(43)50)39(58-25(3)51)45(38,54)41(53)57-7/h10-13,17-20,27,37-39,47,54H,8-9,14-16,21-24,46H2,1-7H3/t27-,37+,38-,39-,42?,43-,44+,45+/m1/s1. The van der Waals surface area contributed by atoms with Crippen molar-refractivity contribution in [2.45, 2.75) is 87.6 Å². The lowest BCUT2D eigenvalue weighted by Crippen LogP contribution is -2.81. The molecule has 13 heteroatoms. The zero-order valence-electron chi connectivity index (χ0n) is 34.5. The van der Waals surface area contributed by atoms with Gasteiger partial charge in [0.15, 0.2) is 6.10 Å². The van der Waals surface area contributed by atoms with Crippen LogP contribution < -0.4 is 15.4 Å². The first kappa shape index (κ1) is 38.7. The molecule has 2 fully saturated rings. The third-order valence-corrected chi connectivity index (χ3v) is 14.9. The SMILES string of the molecule is CCC1=C[C@H]2CN(C1)Cc1c([nH]c3ccc(N)cc13)[C@@](C(=O)OC)(c1cc3c(cc1OC)N(C)[C@H]1[C@@](O)(C(=O)OC)[C@H](OC(C)=O)C4(CC)C=CCN5CC[C@]31[C@@H]54)C2. The highest BCUT2D eigenvalue weighted by Crippen LogP contribution is 2.68. The van der Waals surface area contributed by atoms with Crippen LogP contribution in [0.2, 0.25) is 0 Å². The number of likely N-dealkylation sites (N-methyl/N-ethyl adjacent to an activating group) is 1. The van der Waals surface area contributed by atoms with E-state index in [-0.39, 0.29) is 12.0 Å². The van der Waals surface area contributed by atoms with Gasteiger partial charge in [-0.05, 0) is 73.5 Å². The number of nitrogens with zero attached hydrogens (tertiary/aromatic N) is 3. The fourth-order valence-electron chi connectivity index (χ4n) is 12.9. The molecule has 308 valence electrons. The number of hydrogen-bond acceptors (Lipinski definition) is 12. The maximum absolute atomic E-state index is 15.2. The van der Waals surface area contributed by atoms with E-state index in [1.54, 1.807) is 7.11 Å². The number of carbonyl (C=O) groups excluding carboxylic acids is 3. The van der Waals surface area contributed by atoms with Gasteiger partial charge in [-0.3, -0.25) is 19.4 Å². The van der Waals surface area contributed by atoms with Crippen LogP contribution in [0, 0.1) is 11.3 Å². The number of anilines is 2. The number of nitrogen functional groups attached to an aromatic ring is 1. The summed E-state index contributed by atoms with van der Waals surface area (Å²) >= 11 is 0. The number of esters is 3. The third-order valence-electron chi connectivity index (χ3n) is 14.9. The number of aromatic nitrogens is 1. The molecule has 9 atom stereocenters. The summed E-state index contributed by atoms with van der Waals surface area (Å²) in [6, 6.07) is 8.68.